The fourth-order valence-electron chi connectivity index (χ4n) is 8.64. The van der Waals surface area contributed by atoms with Crippen LogP contribution < -0.4 is 20.7 Å². The summed E-state index contributed by atoms with van der Waals surface area (Å²) in [6, 6.07) is 23.7. The monoisotopic (exact) mass is 845 g/mol. The van der Waals surface area contributed by atoms with E-state index < -0.39 is 0 Å². The lowest BCUT2D eigenvalue weighted by Gasteiger charge is -2.37. The Morgan fingerprint density at radius 3 is 2.68 bits per heavy atom. The van der Waals surface area contributed by atoms with E-state index in [9.17, 15) is 4.79 Å². The lowest BCUT2D eigenvalue weighted by molar-refractivity contribution is -0.442. The number of nitrogens with one attached hydrogen (secondary N) is 1. The van der Waals surface area contributed by atoms with Crippen molar-refractivity contribution in [2.45, 2.75) is 64.5 Å². The molecule has 3 N–H and O–H groups in total. The molecule has 322 valence electrons. The Morgan fingerprint density at radius 2 is 1.86 bits per heavy atom. The van der Waals surface area contributed by atoms with Crippen LogP contribution in [0, 0.1) is 5.92 Å². The molecule has 3 aliphatic rings. The minimum absolute atomic E-state index is 0.0392. The topological polar surface area (TPSA) is 164 Å². The first-order valence-corrected chi connectivity index (χ1v) is 21.9. The second-order valence-corrected chi connectivity index (χ2v) is 16.3. The summed E-state index contributed by atoms with van der Waals surface area (Å²) < 4.78 is 15.9. The van der Waals surface area contributed by atoms with E-state index in [2.05, 4.69) is 55.9 Å². The molecule has 2 fully saturated rings. The van der Waals surface area contributed by atoms with Gasteiger partial charge in [-0.25, -0.2) is 4.98 Å². The summed E-state index contributed by atoms with van der Waals surface area (Å²) in [6.07, 6.45) is 15.8. The van der Waals surface area contributed by atoms with Gasteiger partial charge < -0.3 is 30.3 Å². The zero-order valence-electron chi connectivity index (χ0n) is 35.6. The molecule has 0 saturated carbocycles. The predicted molar refractivity (Wildman–Crippen MR) is 244 cm³/mol. The summed E-state index contributed by atoms with van der Waals surface area (Å²) in [5.41, 5.74) is 12.2. The minimum Gasteiger partial charge on any atom is -0.457 e. The number of carbonyl (C=O) groups is 1. The second kappa shape index (κ2) is 18.9. The van der Waals surface area contributed by atoms with E-state index in [1.807, 2.05) is 88.7 Å². The van der Waals surface area contributed by atoms with E-state index in [-0.39, 0.29) is 24.5 Å². The Kier molecular flexibility index (Phi) is 12.4. The molecule has 6 aromatic rings. The summed E-state index contributed by atoms with van der Waals surface area (Å²) in [6.45, 7) is 9.71. The van der Waals surface area contributed by atoms with Crippen molar-refractivity contribution in [3.63, 3.8) is 0 Å². The normalized spacial score (nSPS) is 18.0. The Bertz CT molecular complexity index is 2630. The summed E-state index contributed by atoms with van der Waals surface area (Å²) in [5.74, 6) is 4.22. The molecule has 0 aliphatic carbocycles. The average Bonchev–Trinajstić information content (AvgIpc) is 3.92. The number of nitrogens with zero attached hydrogens (tertiary/aromatic N) is 10. The third kappa shape index (κ3) is 9.28. The number of hydrogen-bond acceptors (Lipinski definition) is 12. The molecule has 0 bridgehead atoms. The van der Waals surface area contributed by atoms with Gasteiger partial charge in [0, 0.05) is 79.9 Å². The molecular weight excluding hydrogens is 793 g/mol. The lowest BCUT2D eigenvalue weighted by atomic mass is 9.98. The smallest absolute Gasteiger partial charge is 0.363 e. The van der Waals surface area contributed by atoms with Gasteiger partial charge in [0.1, 0.15) is 46.4 Å². The van der Waals surface area contributed by atoms with E-state index in [1.165, 1.54) is 6.33 Å². The highest BCUT2D eigenvalue weighted by molar-refractivity contribution is 6.18. The molecule has 7 heterocycles. The number of piperidine rings is 2. The molecule has 63 heavy (non-hydrogen) atoms. The summed E-state index contributed by atoms with van der Waals surface area (Å²) in [5, 5.41) is 13.2. The molecule has 3 aliphatic heterocycles. The van der Waals surface area contributed by atoms with Gasteiger partial charge in [-0.3, -0.25) is 9.78 Å². The van der Waals surface area contributed by atoms with E-state index >= 15 is 0 Å². The quantitative estimate of drug-likeness (QED) is 0.0610. The maximum absolute atomic E-state index is 13.8. The molecule has 0 radical (unpaired) electrons. The average molecular weight is 846 g/mol. The molecule has 4 aromatic heterocycles. The van der Waals surface area contributed by atoms with Gasteiger partial charge in [0.2, 0.25) is 6.33 Å². The van der Waals surface area contributed by atoms with Crippen molar-refractivity contribution in [1.29, 1.82) is 0 Å². The number of amides is 1. The lowest BCUT2D eigenvalue weighted by Crippen LogP contribution is -2.42. The number of anilines is 3. The number of hydrogen-bond donors (Lipinski definition) is 2. The van der Waals surface area contributed by atoms with Crippen LogP contribution >= 0.6 is 0 Å². The first-order valence-electron chi connectivity index (χ1n) is 21.9. The zero-order chi connectivity index (χ0) is 43.1. The molecule has 2 saturated heterocycles. The van der Waals surface area contributed by atoms with Crippen LogP contribution in [0.25, 0.3) is 5.65 Å². The van der Waals surface area contributed by atoms with Gasteiger partial charge in [0.15, 0.2) is 5.65 Å². The van der Waals surface area contributed by atoms with Crippen LogP contribution in [0.2, 0.25) is 0 Å². The Balaban J connectivity index is 0.816. The number of benzene rings is 2. The fraction of sp³-hybridized carbons (Fsp3) is 0.333. The van der Waals surface area contributed by atoms with Gasteiger partial charge in [-0.1, -0.05) is 42.9 Å². The molecule has 0 spiro atoms. The molecule has 1 unspecified atom stereocenters. The SMILES string of the molecule is C=C(COCC[C@@H]1CCCCN1c1cc(NCc2cccnc2)n2ncc(CC)c2n1)C(=O)N1CCCC(/C=[N+]2/N=C(c3ccc(Oc4ccccc4)cc3)c3c(N)ncnc32)C1. The Labute approximate surface area is 367 Å². The number of nitrogen functional groups attached to an aromatic ring is 1. The number of para-hydroxylation sites is 1. The number of rotatable bonds is 15. The number of hydrazone groups is 1. The third-order valence-corrected chi connectivity index (χ3v) is 11.9. The largest absolute Gasteiger partial charge is 0.457 e. The minimum atomic E-state index is -0.0841. The van der Waals surface area contributed by atoms with Crippen LogP contribution in [0.3, 0.4) is 0 Å². The highest BCUT2D eigenvalue weighted by Gasteiger charge is 2.35. The van der Waals surface area contributed by atoms with Crippen molar-refractivity contribution in [3.8, 4) is 11.5 Å². The number of carbonyl (C=O) groups excluding carboxylic acids is 1. The van der Waals surface area contributed by atoms with Crippen LogP contribution in [0.15, 0.2) is 115 Å². The first-order chi connectivity index (χ1) is 30.9. The van der Waals surface area contributed by atoms with E-state index in [1.54, 1.807) is 10.9 Å². The Hall–Kier alpha value is -7.00. The highest BCUT2D eigenvalue weighted by Crippen LogP contribution is 2.33. The number of ether oxygens (including phenoxy) is 2. The van der Waals surface area contributed by atoms with Gasteiger partial charge in [0.05, 0.1) is 12.8 Å². The van der Waals surface area contributed by atoms with Crippen molar-refractivity contribution < 1.29 is 19.0 Å². The van der Waals surface area contributed by atoms with Crippen molar-refractivity contribution in [2.75, 3.05) is 48.8 Å². The third-order valence-electron chi connectivity index (χ3n) is 11.9. The van der Waals surface area contributed by atoms with Crippen LogP contribution in [0.4, 0.5) is 23.3 Å². The fourth-order valence-corrected chi connectivity index (χ4v) is 8.64. The van der Waals surface area contributed by atoms with Crippen molar-refractivity contribution in [3.05, 3.63) is 132 Å². The van der Waals surface area contributed by atoms with Crippen molar-refractivity contribution in [1.82, 2.24) is 34.4 Å². The Morgan fingerprint density at radius 1 is 1.00 bits per heavy atom. The molecule has 2 atom stereocenters. The first kappa shape index (κ1) is 41.4. The van der Waals surface area contributed by atoms with Gasteiger partial charge in [0.25, 0.3) is 5.91 Å². The van der Waals surface area contributed by atoms with Crippen molar-refractivity contribution >= 4 is 46.8 Å². The highest BCUT2D eigenvalue weighted by atomic mass is 16.5. The van der Waals surface area contributed by atoms with E-state index in [4.69, 9.17) is 25.3 Å². The van der Waals surface area contributed by atoms with Gasteiger partial charge >= 0.3 is 5.82 Å². The number of nitrogens with two attached hydrogens (primary N) is 1. The van der Waals surface area contributed by atoms with E-state index in [0.29, 0.717) is 60.5 Å². The summed E-state index contributed by atoms with van der Waals surface area (Å²) >= 11 is 0. The maximum Gasteiger partial charge on any atom is 0.363 e. The summed E-state index contributed by atoms with van der Waals surface area (Å²) in [4.78, 5) is 36.3. The molecular formula is C48H53N12O3+. The number of fused-ring (bicyclic) bond motifs is 2. The summed E-state index contributed by atoms with van der Waals surface area (Å²) in [7, 11) is 0. The number of likely N-dealkylation sites (tertiary alicyclic amines) is 1. The van der Waals surface area contributed by atoms with Crippen LogP contribution in [-0.4, -0.2) is 95.9 Å². The zero-order valence-corrected chi connectivity index (χ0v) is 35.6. The molecule has 1 amide bonds. The second-order valence-electron chi connectivity index (χ2n) is 16.3. The number of aryl methyl sites for hydroxylation is 1. The molecule has 2 aromatic carbocycles. The van der Waals surface area contributed by atoms with Gasteiger partial charge in [-0.2, -0.15) is 14.6 Å². The molecule has 15 nitrogen and oxygen atoms in total. The van der Waals surface area contributed by atoms with Crippen LogP contribution in [-0.2, 0) is 22.5 Å². The van der Waals surface area contributed by atoms with Crippen LogP contribution in [0.5, 0.6) is 11.5 Å². The molecule has 9 rings (SSSR count). The standard InChI is InChI=1S/C48H53N12O3/c1-3-36-28-54-60-41(51-27-34-11-9-21-50-26-34)25-42(55-46(36)60)58-23-8-7-13-38(58)20-24-62-31-33(2)48(61)57-22-10-12-35(29-57)30-59-47-43(45(49)52-32-53-47)44(56-59)37-16-18-40(19-17-37)63-39-14-5-4-6-15-39/h4-6,9,11,14-19,21,25-26,28,30,32,35,38,51H,2-3,7-8,10,12-13,20,22-24,27,29,31H2,1H3,(H2,49,52,53)/q+1/b59-30+/t35?,38-/m0/s1. The van der Waals surface area contributed by atoms with E-state index in [0.717, 1.165) is 91.2 Å². The number of aromatic nitrogens is 6. The van der Waals surface area contributed by atoms with Gasteiger partial charge in [-0.05, 0) is 98.0 Å². The molecule has 15 heteroatoms. The maximum atomic E-state index is 13.8. The number of pyridine rings is 1. The van der Waals surface area contributed by atoms with Gasteiger partial charge in [-0.15, -0.1) is 4.68 Å². The predicted octanol–water partition coefficient (Wildman–Crippen LogP) is 7.20. The van der Waals surface area contributed by atoms with Crippen molar-refractivity contribution in [2.24, 2.45) is 11.0 Å². The van der Waals surface area contributed by atoms with Crippen LogP contribution in [0.1, 0.15) is 67.7 Å².